The van der Waals surface area contributed by atoms with Gasteiger partial charge in [0, 0.05) is 0 Å². The van der Waals surface area contributed by atoms with E-state index in [-0.39, 0.29) is 0 Å². The summed E-state index contributed by atoms with van der Waals surface area (Å²) in [5.41, 5.74) is 0.484. The van der Waals surface area contributed by atoms with Gasteiger partial charge in [0.1, 0.15) is 11.7 Å². The molecule has 4 unspecified atom stereocenters. The van der Waals surface area contributed by atoms with Gasteiger partial charge in [0.15, 0.2) is 5.75 Å². The molecule has 2 aromatic rings. The van der Waals surface area contributed by atoms with E-state index in [0.717, 1.165) is 0 Å². The van der Waals surface area contributed by atoms with Crippen molar-refractivity contribution in [2.45, 2.75) is 12.2 Å². The normalized spacial score (nSPS) is 25.8. The first kappa shape index (κ1) is 16.4. The Balaban J connectivity index is 1.55. The average Bonchev–Trinajstić information content (AvgIpc) is 3.25. The van der Waals surface area contributed by atoms with Crippen LogP contribution in [0.2, 0.25) is 0 Å². The van der Waals surface area contributed by atoms with Crippen LogP contribution in [0.25, 0.3) is 0 Å². The maximum Gasteiger partial charge on any atom is 0.310 e. The SMILES string of the molecule is O=C(O)C1C2C=CC(O2)C1C(=O)Nc1ccccc1Oc1ccccc1. The Morgan fingerprint density at radius 3 is 2.31 bits per heavy atom. The largest absolute Gasteiger partial charge is 0.481 e. The Bertz CT molecular complexity index is 864. The van der Waals surface area contributed by atoms with Gasteiger partial charge in [-0.1, -0.05) is 42.5 Å². The Hall–Kier alpha value is -3.12. The van der Waals surface area contributed by atoms with Gasteiger partial charge >= 0.3 is 5.97 Å². The lowest BCUT2D eigenvalue weighted by Gasteiger charge is -2.21. The summed E-state index contributed by atoms with van der Waals surface area (Å²) in [5.74, 6) is -1.95. The number of hydrogen-bond donors (Lipinski definition) is 2. The van der Waals surface area contributed by atoms with Crippen molar-refractivity contribution < 1.29 is 24.2 Å². The standard InChI is InChI=1S/C20H17NO5/c22-19(17-15-10-11-16(26-15)18(17)20(23)24)21-13-8-4-5-9-14(13)25-12-6-2-1-3-7-12/h1-11,15-18H,(H,21,22)(H,23,24). The van der Waals surface area contributed by atoms with Gasteiger partial charge < -0.3 is 19.9 Å². The van der Waals surface area contributed by atoms with E-state index < -0.39 is 35.9 Å². The molecular formula is C20H17NO5. The second-order valence-electron chi connectivity index (χ2n) is 6.24. The zero-order valence-corrected chi connectivity index (χ0v) is 13.7. The van der Waals surface area contributed by atoms with Crippen LogP contribution in [0.3, 0.4) is 0 Å². The number of carboxylic acids is 1. The van der Waals surface area contributed by atoms with E-state index in [1.54, 1.807) is 36.4 Å². The molecule has 6 nitrogen and oxygen atoms in total. The third-order valence-electron chi connectivity index (χ3n) is 4.60. The van der Waals surface area contributed by atoms with E-state index in [4.69, 9.17) is 9.47 Å². The van der Waals surface area contributed by atoms with Crippen LogP contribution in [0.1, 0.15) is 0 Å². The summed E-state index contributed by atoms with van der Waals surface area (Å²) < 4.78 is 11.4. The molecule has 1 amide bonds. The van der Waals surface area contributed by atoms with Gasteiger partial charge in [0.2, 0.25) is 5.91 Å². The van der Waals surface area contributed by atoms with Crippen LogP contribution in [0.4, 0.5) is 5.69 Å². The summed E-state index contributed by atoms with van der Waals surface area (Å²) in [6.45, 7) is 0. The molecule has 2 aromatic carbocycles. The molecule has 2 bridgehead atoms. The number of carbonyl (C=O) groups excluding carboxylic acids is 1. The first-order valence-corrected chi connectivity index (χ1v) is 8.33. The number of hydrogen-bond acceptors (Lipinski definition) is 4. The molecule has 4 atom stereocenters. The minimum absolute atomic E-state index is 0.390. The fourth-order valence-corrected chi connectivity index (χ4v) is 3.41. The predicted octanol–water partition coefficient (Wildman–Crippen LogP) is 3.07. The van der Waals surface area contributed by atoms with Crippen molar-refractivity contribution in [3.8, 4) is 11.5 Å². The van der Waals surface area contributed by atoms with Gasteiger partial charge in [-0.05, 0) is 24.3 Å². The Labute approximate surface area is 150 Å². The molecular weight excluding hydrogens is 334 g/mol. The first-order valence-electron chi connectivity index (χ1n) is 8.33. The fraction of sp³-hybridized carbons (Fsp3) is 0.200. The number of amides is 1. The van der Waals surface area contributed by atoms with Crippen LogP contribution in [-0.2, 0) is 14.3 Å². The van der Waals surface area contributed by atoms with Crippen molar-refractivity contribution in [2.24, 2.45) is 11.8 Å². The number of carbonyl (C=O) groups is 2. The average molecular weight is 351 g/mol. The molecule has 0 aromatic heterocycles. The number of para-hydroxylation sites is 3. The highest BCUT2D eigenvalue weighted by Crippen LogP contribution is 2.40. The molecule has 0 radical (unpaired) electrons. The van der Waals surface area contributed by atoms with Gasteiger partial charge in [-0.15, -0.1) is 0 Å². The Kier molecular flexibility index (Phi) is 4.18. The molecule has 6 heteroatoms. The van der Waals surface area contributed by atoms with Crippen LogP contribution < -0.4 is 10.1 Å². The smallest absolute Gasteiger partial charge is 0.310 e. The summed E-state index contributed by atoms with van der Waals surface area (Å²) in [5, 5.41) is 12.3. The zero-order chi connectivity index (χ0) is 18.1. The molecule has 1 fully saturated rings. The lowest BCUT2D eigenvalue weighted by Crippen LogP contribution is -2.39. The maximum absolute atomic E-state index is 12.8. The minimum Gasteiger partial charge on any atom is -0.481 e. The topological polar surface area (TPSA) is 84.9 Å². The van der Waals surface area contributed by atoms with Crippen LogP contribution in [0, 0.1) is 11.8 Å². The van der Waals surface area contributed by atoms with E-state index in [2.05, 4.69) is 5.32 Å². The molecule has 0 saturated carbocycles. The molecule has 26 heavy (non-hydrogen) atoms. The number of anilines is 1. The lowest BCUT2D eigenvalue weighted by molar-refractivity contribution is -0.145. The highest BCUT2D eigenvalue weighted by Gasteiger charge is 2.53. The fourth-order valence-electron chi connectivity index (χ4n) is 3.41. The molecule has 132 valence electrons. The van der Waals surface area contributed by atoms with Crippen LogP contribution in [0.15, 0.2) is 66.7 Å². The summed E-state index contributed by atoms with van der Waals surface area (Å²) in [7, 11) is 0. The molecule has 1 saturated heterocycles. The molecule has 2 N–H and O–H groups in total. The van der Waals surface area contributed by atoms with Crippen molar-refractivity contribution in [3.05, 3.63) is 66.7 Å². The minimum atomic E-state index is -1.03. The van der Waals surface area contributed by atoms with Crippen LogP contribution >= 0.6 is 0 Å². The van der Waals surface area contributed by atoms with E-state index in [0.29, 0.717) is 17.2 Å². The van der Waals surface area contributed by atoms with E-state index in [1.807, 2.05) is 30.3 Å². The zero-order valence-electron chi connectivity index (χ0n) is 13.7. The summed E-state index contributed by atoms with van der Waals surface area (Å²) in [4.78, 5) is 24.3. The van der Waals surface area contributed by atoms with Crippen LogP contribution in [0.5, 0.6) is 11.5 Å². The summed E-state index contributed by atoms with van der Waals surface area (Å²) in [6, 6.07) is 16.3. The Morgan fingerprint density at radius 2 is 1.58 bits per heavy atom. The number of ether oxygens (including phenoxy) is 2. The monoisotopic (exact) mass is 351 g/mol. The van der Waals surface area contributed by atoms with Crippen molar-refractivity contribution in [2.75, 3.05) is 5.32 Å². The van der Waals surface area contributed by atoms with Crippen molar-refractivity contribution >= 4 is 17.6 Å². The van der Waals surface area contributed by atoms with Crippen molar-refractivity contribution in [1.82, 2.24) is 0 Å². The number of aliphatic carboxylic acids is 1. The highest BCUT2D eigenvalue weighted by molar-refractivity contribution is 5.97. The van der Waals surface area contributed by atoms with E-state index in [1.165, 1.54) is 0 Å². The molecule has 2 aliphatic rings. The Morgan fingerprint density at radius 1 is 0.923 bits per heavy atom. The molecule has 4 rings (SSSR count). The van der Waals surface area contributed by atoms with Crippen molar-refractivity contribution in [3.63, 3.8) is 0 Å². The molecule has 0 aliphatic carbocycles. The first-order chi connectivity index (χ1) is 12.6. The second-order valence-corrected chi connectivity index (χ2v) is 6.24. The number of nitrogens with one attached hydrogen (secondary N) is 1. The quantitative estimate of drug-likeness (QED) is 0.809. The summed E-state index contributed by atoms with van der Waals surface area (Å²) >= 11 is 0. The van der Waals surface area contributed by atoms with Gasteiger partial charge in [-0.3, -0.25) is 9.59 Å². The number of carboxylic acid groups (broad SMARTS) is 1. The number of benzene rings is 2. The highest BCUT2D eigenvalue weighted by atomic mass is 16.5. The molecule has 2 aliphatic heterocycles. The third-order valence-corrected chi connectivity index (χ3v) is 4.60. The van der Waals surface area contributed by atoms with Crippen LogP contribution in [-0.4, -0.2) is 29.2 Å². The van der Waals surface area contributed by atoms with Gasteiger partial charge in [0.05, 0.1) is 23.8 Å². The number of rotatable bonds is 5. The van der Waals surface area contributed by atoms with Crippen molar-refractivity contribution in [1.29, 1.82) is 0 Å². The van der Waals surface area contributed by atoms with E-state index >= 15 is 0 Å². The maximum atomic E-state index is 12.8. The predicted molar refractivity (Wildman–Crippen MR) is 94.0 cm³/mol. The molecule has 0 spiro atoms. The third kappa shape index (κ3) is 2.95. The summed E-state index contributed by atoms with van der Waals surface area (Å²) in [6.07, 6.45) is 2.40. The van der Waals surface area contributed by atoms with Gasteiger partial charge in [-0.25, -0.2) is 0 Å². The number of fused-ring (bicyclic) bond motifs is 2. The van der Waals surface area contributed by atoms with Gasteiger partial charge in [0.25, 0.3) is 0 Å². The van der Waals surface area contributed by atoms with Gasteiger partial charge in [-0.2, -0.15) is 0 Å². The lowest BCUT2D eigenvalue weighted by atomic mass is 9.82. The second kappa shape index (κ2) is 6.65. The molecule has 2 heterocycles. The van der Waals surface area contributed by atoms with E-state index in [9.17, 15) is 14.7 Å².